The standard InChI is InChI=1S/C8H10F9NO4S/c1-4(21-2,22-3)18(23(19)20)8(16,17)6(11,12)5(9,10)7(13,14)15/h1-3H3,(H,19,20). The Bertz CT molecular complexity index is 451. The van der Waals surface area contributed by atoms with E-state index in [-0.39, 0.29) is 0 Å². The SMILES string of the molecule is COC(C)(OC)N(S(=O)O)C(F)(F)C(F)(F)C(F)(F)C(F)(F)F. The van der Waals surface area contributed by atoms with Crippen LogP contribution in [-0.4, -0.2) is 57.3 Å². The van der Waals surface area contributed by atoms with E-state index in [4.69, 9.17) is 4.55 Å². The Kier molecular flexibility index (Phi) is 6.17. The fraction of sp³-hybridized carbons (Fsp3) is 1.00. The first-order valence-electron chi connectivity index (χ1n) is 5.15. The third-order valence-corrected chi connectivity index (χ3v) is 3.54. The van der Waals surface area contributed by atoms with E-state index >= 15 is 0 Å². The minimum Gasteiger partial charge on any atom is -0.340 e. The molecule has 23 heavy (non-hydrogen) atoms. The zero-order chi connectivity index (χ0) is 19.1. The highest BCUT2D eigenvalue weighted by atomic mass is 32.2. The molecule has 0 fully saturated rings. The fourth-order valence-electron chi connectivity index (χ4n) is 1.24. The van der Waals surface area contributed by atoms with E-state index in [1.807, 2.05) is 0 Å². The van der Waals surface area contributed by atoms with Gasteiger partial charge in [-0.15, -0.1) is 0 Å². The van der Waals surface area contributed by atoms with Gasteiger partial charge in [-0.3, -0.25) is 4.55 Å². The van der Waals surface area contributed by atoms with E-state index in [9.17, 15) is 43.7 Å². The Morgan fingerprint density at radius 3 is 1.43 bits per heavy atom. The van der Waals surface area contributed by atoms with Crippen molar-refractivity contribution in [3.63, 3.8) is 0 Å². The zero-order valence-electron chi connectivity index (χ0n) is 11.4. The molecule has 5 nitrogen and oxygen atoms in total. The Morgan fingerprint density at radius 1 is 0.870 bits per heavy atom. The molecule has 15 heteroatoms. The highest BCUT2D eigenvalue weighted by Crippen LogP contribution is 2.55. The summed E-state index contributed by atoms with van der Waals surface area (Å²) in [6, 6.07) is -6.51. The van der Waals surface area contributed by atoms with E-state index < -0.39 is 45.6 Å². The van der Waals surface area contributed by atoms with Gasteiger partial charge in [0.2, 0.25) is 17.2 Å². The molecule has 140 valence electrons. The van der Waals surface area contributed by atoms with Gasteiger partial charge in [0, 0.05) is 21.1 Å². The highest BCUT2D eigenvalue weighted by Gasteiger charge is 2.85. The molecule has 0 aliphatic carbocycles. The maximum absolute atomic E-state index is 13.7. The van der Waals surface area contributed by atoms with Gasteiger partial charge >= 0.3 is 24.1 Å². The van der Waals surface area contributed by atoms with E-state index in [1.54, 1.807) is 0 Å². The van der Waals surface area contributed by atoms with Gasteiger partial charge in [0.05, 0.1) is 0 Å². The third kappa shape index (κ3) is 3.42. The van der Waals surface area contributed by atoms with Crippen LogP contribution in [-0.2, 0) is 20.7 Å². The van der Waals surface area contributed by atoms with Gasteiger partial charge in [-0.1, -0.05) is 4.31 Å². The predicted octanol–water partition coefficient (Wildman–Crippen LogP) is 2.82. The molecule has 0 amide bonds. The van der Waals surface area contributed by atoms with Gasteiger partial charge in [0.1, 0.15) is 0 Å². The van der Waals surface area contributed by atoms with Gasteiger partial charge in [-0.2, -0.15) is 39.5 Å². The molecule has 0 aromatic heterocycles. The van der Waals surface area contributed by atoms with Crippen molar-refractivity contribution in [2.45, 2.75) is 36.9 Å². The minimum atomic E-state index is -7.23. The van der Waals surface area contributed by atoms with Crippen LogP contribution >= 0.6 is 0 Å². The van der Waals surface area contributed by atoms with Crippen LogP contribution in [0.15, 0.2) is 0 Å². The second kappa shape index (κ2) is 6.34. The maximum atomic E-state index is 13.7. The topological polar surface area (TPSA) is 59.0 Å². The van der Waals surface area contributed by atoms with Crippen molar-refractivity contribution in [3.8, 4) is 0 Å². The lowest BCUT2D eigenvalue weighted by Crippen LogP contribution is -2.71. The summed E-state index contributed by atoms with van der Waals surface area (Å²) < 4.78 is 142. The molecule has 0 aliphatic heterocycles. The average Bonchev–Trinajstić information content (AvgIpc) is 2.35. The van der Waals surface area contributed by atoms with Crippen LogP contribution in [0.4, 0.5) is 39.5 Å². The molecule has 1 atom stereocenters. The number of hydrogen-bond donors (Lipinski definition) is 1. The Balaban J connectivity index is 6.34. The summed E-state index contributed by atoms with van der Waals surface area (Å²) in [7, 11) is 0.971. The Labute approximate surface area is 125 Å². The Morgan fingerprint density at radius 2 is 1.22 bits per heavy atom. The lowest BCUT2D eigenvalue weighted by molar-refractivity contribution is -0.434. The summed E-state index contributed by atoms with van der Waals surface area (Å²) in [4.78, 5) is 0. The molecule has 1 N–H and O–H groups in total. The largest absolute Gasteiger partial charge is 0.460 e. The lowest BCUT2D eigenvalue weighted by atomic mass is 10.1. The number of ether oxygens (including phenoxy) is 2. The van der Waals surface area contributed by atoms with E-state index in [0.717, 1.165) is 0 Å². The normalized spacial score (nSPS) is 16.8. The lowest BCUT2D eigenvalue weighted by Gasteiger charge is -2.43. The van der Waals surface area contributed by atoms with Gasteiger partial charge in [-0.05, 0) is 0 Å². The predicted molar refractivity (Wildman–Crippen MR) is 55.9 cm³/mol. The molecule has 0 radical (unpaired) electrons. The second-order valence-corrected chi connectivity index (χ2v) is 4.85. The van der Waals surface area contributed by atoms with E-state index in [0.29, 0.717) is 21.1 Å². The number of halogens is 9. The van der Waals surface area contributed by atoms with Crippen molar-refractivity contribution in [3.05, 3.63) is 0 Å². The van der Waals surface area contributed by atoms with Crippen LogP contribution in [0.5, 0.6) is 0 Å². The van der Waals surface area contributed by atoms with Gasteiger partial charge in [0.15, 0.2) is 0 Å². The molecule has 0 aliphatic rings. The average molecular weight is 387 g/mol. The van der Waals surface area contributed by atoms with Crippen LogP contribution in [0, 0.1) is 0 Å². The van der Waals surface area contributed by atoms with E-state index in [1.165, 1.54) is 0 Å². The summed E-state index contributed by atoms with van der Waals surface area (Å²) in [5.74, 6) is -17.6. The molecule has 0 heterocycles. The van der Waals surface area contributed by atoms with E-state index in [2.05, 4.69) is 9.47 Å². The molecule has 0 spiro atoms. The van der Waals surface area contributed by atoms with Gasteiger partial charge in [-0.25, -0.2) is 4.21 Å². The zero-order valence-corrected chi connectivity index (χ0v) is 12.2. The van der Waals surface area contributed by atoms with Crippen LogP contribution in [0.3, 0.4) is 0 Å². The monoisotopic (exact) mass is 387 g/mol. The molecular formula is C8H10F9NO4S. The van der Waals surface area contributed by atoms with Crippen molar-refractivity contribution >= 4 is 11.3 Å². The van der Waals surface area contributed by atoms with Crippen molar-refractivity contribution in [2.75, 3.05) is 14.2 Å². The summed E-state index contributed by atoms with van der Waals surface area (Å²) in [5, 5.41) is 0. The summed E-state index contributed by atoms with van der Waals surface area (Å²) in [6.07, 6.45) is -7.07. The molecular weight excluding hydrogens is 377 g/mol. The summed E-state index contributed by atoms with van der Waals surface area (Å²) >= 11 is -4.20. The summed E-state index contributed by atoms with van der Waals surface area (Å²) in [5.41, 5.74) is 0. The number of nitrogens with zero attached hydrogens (tertiary/aromatic N) is 1. The first-order chi connectivity index (χ1) is 9.94. The number of methoxy groups -OCH3 is 2. The van der Waals surface area contributed by atoms with Gasteiger partial charge in [0.25, 0.3) is 0 Å². The number of hydrogen-bond acceptors (Lipinski definition) is 3. The molecule has 0 aromatic rings. The molecule has 0 bridgehead atoms. The summed E-state index contributed by atoms with van der Waals surface area (Å²) in [6.45, 7) is 0.316. The van der Waals surface area contributed by atoms with Crippen molar-refractivity contribution in [1.29, 1.82) is 0 Å². The number of alkyl halides is 9. The second-order valence-electron chi connectivity index (χ2n) is 4.02. The van der Waals surface area contributed by atoms with Crippen molar-refractivity contribution in [1.82, 2.24) is 4.31 Å². The molecule has 1 unspecified atom stereocenters. The molecule has 0 rings (SSSR count). The minimum absolute atomic E-state index is 0.316. The highest BCUT2D eigenvalue weighted by molar-refractivity contribution is 7.76. The van der Waals surface area contributed by atoms with Crippen LogP contribution < -0.4 is 0 Å². The maximum Gasteiger partial charge on any atom is 0.460 e. The van der Waals surface area contributed by atoms with Crippen LogP contribution in [0.25, 0.3) is 0 Å². The first-order valence-corrected chi connectivity index (χ1v) is 6.22. The fourth-order valence-corrected chi connectivity index (χ4v) is 1.98. The van der Waals surface area contributed by atoms with Crippen LogP contribution in [0.1, 0.15) is 6.92 Å². The van der Waals surface area contributed by atoms with Crippen molar-refractivity contribution in [2.24, 2.45) is 0 Å². The van der Waals surface area contributed by atoms with Gasteiger partial charge < -0.3 is 9.47 Å². The quantitative estimate of drug-likeness (QED) is 0.316. The van der Waals surface area contributed by atoms with Crippen molar-refractivity contribution < 1.29 is 57.7 Å². The third-order valence-electron chi connectivity index (χ3n) is 2.67. The molecule has 0 saturated carbocycles. The smallest absolute Gasteiger partial charge is 0.340 e. The Hall–Kier alpha value is -0.640. The first kappa shape index (κ1) is 22.4. The van der Waals surface area contributed by atoms with Crippen LogP contribution in [0.2, 0.25) is 0 Å². The number of rotatable bonds is 7. The molecule has 0 saturated heterocycles. The molecule has 0 aromatic carbocycles.